The van der Waals surface area contributed by atoms with Crippen LogP contribution in [0.3, 0.4) is 0 Å². The summed E-state index contributed by atoms with van der Waals surface area (Å²) in [4.78, 5) is 0. The number of rotatable bonds is 8. The van der Waals surface area contributed by atoms with Gasteiger partial charge in [0, 0.05) is 18.7 Å². The molecule has 8 heteroatoms. The SMILES string of the molecule is CCC(CCCl)CNS(=O)(=O)CS(C)(=O)=O. The van der Waals surface area contributed by atoms with Crippen LogP contribution in [0.2, 0.25) is 0 Å². The van der Waals surface area contributed by atoms with Crippen molar-refractivity contribution in [1.29, 1.82) is 0 Å². The van der Waals surface area contributed by atoms with E-state index in [1.165, 1.54) is 0 Å². The van der Waals surface area contributed by atoms with E-state index in [0.717, 1.165) is 12.7 Å². The van der Waals surface area contributed by atoms with Gasteiger partial charge >= 0.3 is 0 Å². The van der Waals surface area contributed by atoms with Crippen molar-refractivity contribution in [1.82, 2.24) is 4.72 Å². The fraction of sp³-hybridized carbons (Fsp3) is 1.00. The Morgan fingerprint density at radius 1 is 1.25 bits per heavy atom. The average Bonchev–Trinajstić information content (AvgIpc) is 2.08. The van der Waals surface area contributed by atoms with Crippen molar-refractivity contribution < 1.29 is 16.8 Å². The predicted molar refractivity (Wildman–Crippen MR) is 65.8 cm³/mol. The summed E-state index contributed by atoms with van der Waals surface area (Å²) in [5.41, 5.74) is 0. The Kier molecular flexibility index (Phi) is 6.84. The van der Waals surface area contributed by atoms with Crippen LogP contribution in [0.5, 0.6) is 0 Å². The van der Waals surface area contributed by atoms with Crippen LogP contribution in [-0.4, -0.2) is 40.6 Å². The third-order valence-corrected chi connectivity index (χ3v) is 5.83. The number of alkyl halides is 1. The molecule has 0 aliphatic rings. The van der Waals surface area contributed by atoms with Gasteiger partial charge in [-0.15, -0.1) is 11.6 Å². The van der Waals surface area contributed by atoms with Crippen molar-refractivity contribution in [2.45, 2.75) is 19.8 Å². The van der Waals surface area contributed by atoms with Crippen LogP contribution in [0, 0.1) is 5.92 Å². The van der Waals surface area contributed by atoms with Gasteiger partial charge in [0.25, 0.3) is 0 Å². The lowest BCUT2D eigenvalue weighted by molar-refractivity contribution is 0.481. The first-order valence-corrected chi connectivity index (χ1v) is 9.16. The minimum Gasteiger partial charge on any atom is -0.228 e. The van der Waals surface area contributed by atoms with Gasteiger partial charge in [-0.05, 0) is 12.3 Å². The topological polar surface area (TPSA) is 80.3 Å². The van der Waals surface area contributed by atoms with E-state index in [2.05, 4.69) is 4.72 Å². The Balaban J connectivity index is 4.28. The van der Waals surface area contributed by atoms with Gasteiger partial charge in [-0.1, -0.05) is 13.3 Å². The molecule has 0 aromatic carbocycles. The number of hydrogen-bond acceptors (Lipinski definition) is 4. The molecule has 0 saturated carbocycles. The fourth-order valence-electron chi connectivity index (χ4n) is 1.17. The van der Waals surface area contributed by atoms with Crippen LogP contribution < -0.4 is 4.72 Å². The number of halogens is 1. The second kappa shape index (κ2) is 6.78. The van der Waals surface area contributed by atoms with Gasteiger partial charge in [0.05, 0.1) is 0 Å². The smallest absolute Gasteiger partial charge is 0.226 e. The van der Waals surface area contributed by atoms with Gasteiger partial charge in [0.1, 0.15) is 0 Å². The molecule has 0 fully saturated rings. The summed E-state index contributed by atoms with van der Waals surface area (Å²) < 4.78 is 46.7. The molecule has 1 unspecified atom stereocenters. The van der Waals surface area contributed by atoms with Crippen LogP contribution in [0.25, 0.3) is 0 Å². The maximum atomic E-state index is 11.3. The summed E-state index contributed by atoms with van der Waals surface area (Å²) in [5, 5.41) is -0.864. The van der Waals surface area contributed by atoms with Crippen molar-refractivity contribution in [3.8, 4) is 0 Å². The Labute approximate surface area is 103 Å². The van der Waals surface area contributed by atoms with Gasteiger partial charge in [-0.3, -0.25) is 0 Å². The maximum Gasteiger partial charge on any atom is 0.226 e. The quantitative estimate of drug-likeness (QED) is 0.663. The molecule has 0 heterocycles. The van der Waals surface area contributed by atoms with Crippen molar-refractivity contribution >= 4 is 31.5 Å². The van der Waals surface area contributed by atoms with E-state index < -0.39 is 24.9 Å². The molecule has 1 N–H and O–H groups in total. The molecule has 0 spiro atoms. The normalized spacial score (nSPS) is 14.9. The lowest BCUT2D eigenvalue weighted by Gasteiger charge is -2.13. The zero-order valence-corrected chi connectivity index (χ0v) is 11.8. The molecule has 0 saturated heterocycles. The molecule has 0 amide bonds. The highest BCUT2D eigenvalue weighted by Gasteiger charge is 2.18. The van der Waals surface area contributed by atoms with Crippen molar-refractivity contribution in [3.63, 3.8) is 0 Å². The minimum atomic E-state index is -3.74. The van der Waals surface area contributed by atoms with Gasteiger partial charge in [-0.25, -0.2) is 21.6 Å². The monoisotopic (exact) mass is 291 g/mol. The summed E-state index contributed by atoms with van der Waals surface area (Å²) in [6.45, 7) is 2.17. The van der Waals surface area contributed by atoms with Gasteiger partial charge in [0.15, 0.2) is 14.9 Å². The van der Waals surface area contributed by atoms with E-state index >= 15 is 0 Å². The van der Waals surface area contributed by atoms with Crippen LogP contribution in [0.1, 0.15) is 19.8 Å². The molecule has 0 aliphatic heterocycles. The number of sulfone groups is 1. The van der Waals surface area contributed by atoms with E-state index in [-0.39, 0.29) is 12.5 Å². The highest BCUT2D eigenvalue weighted by Crippen LogP contribution is 2.08. The van der Waals surface area contributed by atoms with Gasteiger partial charge < -0.3 is 0 Å². The molecule has 0 radical (unpaired) electrons. The van der Waals surface area contributed by atoms with Crippen LogP contribution in [0.15, 0.2) is 0 Å². The first-order valence-electron chi connectivity index (χ1n) is 4.91. The van der Waals surface area contributed by atoms with Crippen molar-refractivity contribution in [3.05, 3.63) is 0 Å². The maximum absolute atomic E-state index is 11.3. The van der Waals surface area contributed by atoms with E-state index in [0.29, 0.717) is 12.3 Å². The number of sulfonamides is 1. The van der Waals surface area contributed by atoms with E-state index in [4.69, 9.17) is 11.6 Å². The molecule has 0 bridgehead atoms. The summed E-state index contributed by atoms with van der Waals surface area (Å²) in [6, 6.07) is 0. The van der Waals surface area contributed by atoms with Crippen LogP contribution >= 0.6 is 11.6 Å². The Bertz CT molecular complexity index is 390. The third-order valence-electron chi connectivity index (χ3n) is 2.06. The van der Waals surface area contributed by atoms with E-state index in [1.54, 1.807) is 0 Å². The van der Waals surface area contributed by atoms with Crippen LogP contribution in [-0.2, 0) is 19.9 Å². The second-order valence-electron chi connectivity index (χ2n) is 3.76. The Hall–Kier alpha value is 0.150. The molecule has 5 nitrogen and oxygen atoms in total. The largest absolute Gasteiger partial charge is 0.228 e. The minimum absolute atomic E-state index is 0.145. The lowest BCUT2D eigenvalue weighted by Crippen LogP contribution is -2.33. The van der Waals surface area contributed by atoms with Gasteiger partial charge in [0.2, 0.25) is 10.0 Å². The molecule has 1 atom stereocenters. The third kappa shape index (κ3) is 8.32. The zero-order chi connectivity index (χ0) is 12.8. The highest BCUT2D eigenvalue weighted by atomic mass is 35.5. The Morgan fingerprint density at radius 3 is 2.19 bits per heavy atom. The van der Waals surface area contributed by atoms with Crippen molar-refractivity contribution in [2.75, 3.05) is 23.8 Å². The van der Waals surface area contributed by atoms with Crippen LogP contribution in [0.4, 0.5) is 0 Å². The molecule has 16 heavy (non-hydrogen) atoms. The fourth-order valence-corrected chi connectivity index (χ4v) is 4.56. The molecular formula is C8H18ClNO4S2. The number of nitrogens with one attached hydrogen (secondary N) is 1. The molecular weight excluding hydrogens is 274 g/mol. The van der Waals surface area contributed by atoms with E-state index in [9.17, 15) is 16.8 Å². The predicted octanol–water partition coefficient (Wildman–Crippen LogP) is 0.563. The summed E-state index contributed by atoms with van der Waals surface area (Å²) in [6.07, 6.45) is 2.40. The van der Waals surface area contributed by atoms with Crippen molar-refractivity contribution in [2.24, 2.45) is 5.92 Å². The zero-order valence-electron chi connectivity index (χ0n) is 9.44. The molecule has 0 aromatic rings. The average molecular weight is 292 g/mol. The lowest BCUT2D eigenvalue weighted by atomic mass is 10.0. The first-order chi connectivity index (χ1) is 7.20. The number of hydrogen-bond donors (Lipinski definition) is 1. The van der Waals surface area contributed by atoms with Gasteiger partial charge in [-0.2, -0.15) is 0 Å². The highest BCUT2D eigenvalue weighted by molar-refractivity contribution is 8.06. The molecule has 0 aromatic heterocycles. The summed E-state index contributed by atoms with van der Waals surface area (Å²) in [7, 11) is -7.27. The van der Waals surface area contributed by atoms with E-state index in [1.807, 2.05) is 6.92 Å². The first kappa shape index (κ1) is 16.1. The Morgan fingerprint density at radius 2 is 1.81 bits per heavy atom. The molecule has 98 valence electrons. The molecule has 0 aliphatic carbocycles. The standard InChI is InChI=1S/C8H18ClNO4S2/c1-3-8(4-5-9)6-10-16(13,14)7-15(2,11)12/h8,10H,3-7H2,1-2H3. The summed E-state index contributed by atoms with van der Waals surface area (Å²) in [5.74, 6) is 0.610. The summed E-state index contributed by atoms with van der Waals surface area (Å²) >= 11 is 5.56. The molecule has 0 rings (SSSR count). The second-order valence-corrected chi connectivity index (χ2v) is 8.45.